The molecule has 0 aliphatic heterocycles. The number of alkyl halides is 1. The van der Waals surface area contributed by atoms with E-state index in [-0.39, 0.29) is 5.38 Å². The first kappa shape index (κ1) is 14.2. The Labute approximate surface area is 129 Å². The van der Waals surface area contributed by atoms with Crippen molar-refractivity contribution in [3.8, 4) is 5.75 Å². The van der Waals surface area contributed by atoms with Crippen LogP contribution in [0.2, 0.25) is 5.02 Å². The lowest BCUT2D eigenvalue weighted by Gasteiger charge is -2.11. The van der Waals surface area contributed by atoms with Crippen LogP contribution >= 0.6 is 50.5 Å². The van der Waals surface area contributed by atoms with Crippen LogP contribution in [0.25, 0.3) is 0 Å². The molecule has 0 saturated heterocycles. The lowest BCUT2D eigenvalue weighted by Crippen LogP contribution is -1.96. The number of para-hydroxylation sites is 1. The molecule has 2 aromatic rings. The van der Waals surface area contributed by atoms with E-state index in [1.54, 1.807) is 18.4 Å². The smallest absolute Gasteiger partial charge is 0.122 e. The van der Waals surface area contributed by atoms with Gasteiger partial charge in [0.2, 0.25) is 0 Å². The summed E-state index contributed by atoms with van der Waals surface area (Å²) in [5, 5.41) is 0.607. The van der Waals surface area contributed by atoms with Crippen LogP contribution in [-0.4, -0.2) is 7.11 Å². The van der Waals surface area contributed by atoms with E-state index in [9.17, 15) is 0 Å². The van der Waals surface area contributed by atoms with Crippen molar-refractivity contribution in [2.24, 2.45) is 0 Å². The minimum Gasteiger partial charge on any atom is -0.496 e. The minimum absolute atomic E-state index is 0.102. The van der Waals surface area contributed by atoms with Crippen LogP contribution in [0.1, 0.15) is 15.8 Å². The van der Waals surface area contributed by atoms with Crippen LogP contribution in [0.4, 0.5) is 0 Å². The molecule has 0 N–H and O–H groups in total. The van der Waals surface area contributed by atoms with E-state index in [1.807, 2.05) is 30.3 Å². The quantitative estimate of drug-likeness (QED) is 0.632. The third kappa shape index (κ3) is 3.21. The van der Waals surface area contributed by atoms with Gasteiger partial charge in [-0.05, 0) is 40.0 Å². The fourth-order valence-corrected chi connectivity index (χ4v) is 3.77. The highest BCUT2D eigenvalue weighted by Gasteiger charge is 2.15. The van der Waals surface area contributed by atoms with E-state index < -0.39 is 0 Å². The molecule has 0 spiro atoms. The Morgan fingerprint density at radius 1 is 1.39 bits per heavy atom. The summed E-state index contributed by atoms with van der Waals surface area (Å²) in [6, 6.07) is 9.81. The van der Waals surface area contributed by atoms with Crippen molar-refractivity contribution in [1.29, 1.82) is 0 Å². The molecule has 1 heterocycles. The molecule has 0 aliphatic carbocycles. The molecular weight excluding hydrogens is 355 g/mol. The molecule has 1 atom stereocenters. The lowest BCUT2D eigenvalue weighted by atomic mass is 10.1. The summed E-state index contributed by atoms with van der Waals surface area (Å²) in [5.74, 6) is 0.866. The lowest BCUT2D eigenvalue weighted by molar-refractivity contribution is 0.409. The summed E-state index contributed by atoms with van der Waals surface area (Å²) >= 11 is 17.4. The number of hydrogen-bond acceptors (Lipinski definition) is 2. The Morgan fingerprint density at radius 2 is 2.11 bits per heavy atom. The van der Waals surface area contributed by atoms with Gasteiger partial charge in [-0.2, -0.15) is 0 Å². The molecule has 2 rings (SSSR count). The average Bonchev–Trinajstić information content (AvgIpc) is 2.70. The Kier molecular flexibility index (Phi) is 4.96. The predicted molar refractivity (Wildman–Crippen MR) is 82.3 cm³/mol. The molecule has 1 nitrogen and oxygen atoms in total. The maximum absolute atomic E-state index is 6.43. The standard InChI is InChI=1S/C13H11BrCl2OS/c1-17-11-5-3-2-4-8(11)6-9(15)12-7-10(16)13(14)18-12/h2-5,7,9H,6H2,1H3. The van der Waals surface area contributed by atoms with Crippen molar-refractivity contribution in [3.63, 3.8) is 0 Å². The Balaban J connectivity index is 2.18. The highest BCUT2D eigenvalue weighted by atomic mass is 79.9. The van der Waals surface area contributed by atoms with E-state index in [0.717, 1.165) is 26.4 Å². The summed E-state index contributed by atoms with van der Waals surface area (Å²) in [6.45, 7) is 0. The number of methoxy groups -OCH3 is 1. The zero-order valence-corrected chi connectivity index (χ0v) is 13.5. The van der Waals surface area contributed by atoms with Crippen LogP contribution in [0.5, 0.6) is 5.75 Å². The summed E-state index contributed by atoms with van der Waals surface area (Å²) in [4.78, 5) is 1.06. The zero-order chi connectivity index (χ0) is 13.1. The molecule has 0 aliphatic rings. The third-order valence-corrected chi connectivity index (χ3v) is 5.67. The van der Waals surface area contributed by atoms with Crippen LogP contribution < -0.4 is 4.74 Å². The summed E-state index contributed by atoms with van der Waals surface area (Å²) < 4.78 is 6.24. The minimum atomic E-state index is -0.102. The van der Waals surface area contributed by atoms with E-state index in [2.05, 4.69) is 15.9 Å². The van der Waals surface area contributed by atoms with Crippen molar-refractivity contribution in [2.45, 2.75) is 11.8 Å². The highest BCUT2D eigenvalue weighted by Crippen LogP contribution is 2.39. The molecule has 1 aromatic heterocycles. The van der Waals surface area contributed by atoms with Crippen LogP contribution in [-0.2, 0) is 6.42 Å². The summed E-state index contributed by atoms with van der Waals surface area (Å²) in [7, 11) is 1.67. The monoisotopic (exact) mass is 364 g/mol. The largest absolute Gasteiger partial charge is 0.496 e. The second-order valence-corrected chi connectivity index (χ2v) is 7.09. The summed E-state index contributed by atoms with van der Waals surface area (Å²) in [6.07, 6.45) is 0.717. The van der Waals surface area contributed by atoms with Gasteiger partial charge in [-0.3, -0.25) is 0 Å². The molecule has 0 bridgehead atoms. The second-order valence-electron chi connectivity index (χ2n) is 3.75. The second kappa shape index (κ2) is 6.29. The van der Waals surface area contributed by atoms with Gasteiger partial charge in [0.15, 0.2) is 0 Å². The maximum Gasteiger partial charge on any atom is 0.122 e. The molecule has 1 aromatic carbocycles. The van der Waals surface area contributed by atoms with Crippen LogP contribution in [0, 0.1) is 0 Å². The third-order valence-electron chi connectivity index (χ3n) is 2.56. The maximum atomic E-state index is 6.43. The first-order valence-corrected chi connectivity index (χ1v) is 7.75. The van der Waals surface area contributed by atoms with Crippen LogP contribution in [0.15, 0.2) is 34.1 Å². The van der Waals surface area contributed by atoms with Crippen molar-refractivity contribution < 1.29 is 4.74 Å². The van der Waals surface area contributed by atoms with Gasteiger partial charge in [0.25, 0.3) is 0 Å². The van der Waals surface area contributed by atoms with Gasteiger partial charge < -0.3 is 4.74 Å². The zero-order valence-electron chi connectivity index (χ0n) is 9.62. The number of halogens is 3. The topological polar surface area (TPSA) is 9.23 Å². The van der Waals surface area contributed by atoms with Crippen molar-refractivity contribution >= 4 is 50.5 Å². The normalized spacial score (nSPS) is 12.4. The molecule has 5 heteroatoms. The molecular formula is C13H11BrCl2OS. The van der Waals surface area contributed by atoms with Gasteiger partial charge in [0, 0.05) is 4.88 Å². The van der Waals surface area contributed by atoms with Gasteiger partial charge in [0.05, 0.1) is 21.3 Å². The molecule has 1 unspecified atom stereocenters. The predicted octanol–water partition coefficient (Wildman–Crippen LogP) is 5.70. The van der Waals surface area contributed by atoms with Crippen LogP contribution in [0.3, 0.4) is 0 Å². The van der Waals surface area contributed by atoms with E-state index in [4.69, 9.17) is 27.9 Å². The first-order valence-electron chi connectivity index (χ1n) is 5.32. The number of rotatable bonds is 4. The fourth-order valence-electron chi connectivity index (χ4n) is 1.68. The Bertz CT molecular complexity index is 522. The van der Waals surface area contributed by atoms with Crippen molar-refractivity contribution in [3.05, 3.63) is 49.6 Å². The van der Waals surface area contributed by atoms with Gasteiger partial charge in [-0.1, -0.05) is 29.8 Å². The van der Waals surface area contributed by atoms with Gasteiger partial charge in [-0.15, -0.1) is 22.9 Å². The number of ether oxygens (including phenoxy) is 1. The summed E-state index contributed by atoms with van der Waals surface area (Å²) in [5.41, 5.74) is 1.10. The van der Waals surface area contributed by atoms with Gasteiger partial charge in [0.1, 0.15) is 5.75 Å². The highest BCUT2D eigenvalue weighted by molar-refractivity contribution is 9.11. The first-order chi connectivity index (χ1) is 8.61. The van der Waals surface area contributed by atoms with Crippen molar-refractivity contribution in [1.82, 2.24) is 0 Å². The number of hydrogen-bond donors (Lipinski definition) is 0. The van der Waals surface area contributed by atoms with Gasteiger partial charge >= 0.3 is 0 Å². The van der Waals surface area contributed by atoms with E-state index in [1.165, 1.54) is 0 Å². The molecule has 96 valence electrons. The SMILES string of the molecule is COc1ccccc1CC(Cl)c1cc(Cl)c(Br)s1. The average molecular weight is 366 g/mol. The van der Waals surface area contributed by atoms with E-state index in [0.29, 0.717) is 5.02 Å². The molecule has 18 heavy (non-hydrogen) atoms. The Morgan fingerprint density at radius 3 is 2.72 bits per heavy atom. The van der Waals surface area contributed by atoms with E-state index >= 15 is 0 Å². The molecule has 0 saturated carbocycles. The van der Waals surface area contributed by atoms with Gasteiger partial charge in [-0.25, -0.2) is 0 Å². The fraction of sp³-hybridized carbons (Fsp3) is 0.231. The van der Waals surface area contributed by atoms with Crippen molar-refractivity contribution in [2.75, 3.05) is 7.11 Å². The molecule has 0 radical (unpaired) electrons. The number of benzene rings is 1. The molecule has 0 fully saturated rings. The number of thiophene rings is 1. The molecule has 0 amide bonds. The Hall–Kier alpha value is -0.220.